The Labute approximate surface area is 153 Å². The summed E-state index contributed by atoms with van der Waals surface area (Å²) in [7, 11) is -2.09. The fourth-order valence-electron chi connectivity index (χ4n) is 2.08. The summed E-state index contributed by atoms with van der Waals surface area (Å²) in [4.78, 5) is 12.0. The standard InChI is InChI=1S/C18H22N2O5S/c1-24-14-12-19-26(22,23)17-9-7-15(8-10-17)20-18(21)11-13-25-16-5-3-2-4-6-16/h2-10,19H,11-14H2,1H3,(H,20,21). The first-order chi connectivity index (χ1) is 12.5. The Kier molecular flexibility index (Phi) is 7.58. The number of carbonyl (C=O) groups excluding carboxylic acids is 1. The van der Waals surface area contributed by atoms with Crippen LogP contribution in [0.2, 0.25) is 0 Å². The number of nitrogens with one attached hydrogen (secondary N) is 2. The first-order valence-corrected chi connectivity index (χ1v) is 9.56. The lowest BCUT2D eigenvalue weighted by Crippen LogP contribution is -2.27. The van der Waals surface area contributed by atoms with Crippen LogP contribution in [0.25, 0.3) is 0 Å². The van der Waals surface area contributed by atoms with E-state index in [1.54, 1.807) is 12.1 Å². The van der Waals surface area contributed by atoms with Gasteiger partial charge in [-0.1, -0.05) is 18.2 Å². The minimum Gasteiger partial charge on any atom is -0.493 e. The maximum absolute atomic E-state index is 12.0. The molecule has 7 nitrogen and oxygen atoms in total. The summed E-state index contributed by atoms with van der Waals surface area (Å²) in [6.07, 6.45) is 0.188. The lowest BCUT2D eigenvalue weighted by Gasteiger charge is -2.09. The Morgan fingerprint density at radius 2 is 1.69 bits per heavy atom. The molecule has 0 saturated heterocycles. The fourth-order valence-corrected chi connectivity index (χ4v) is 3.09. The highest BCUT2D eigenvalue weighted by molar-refractivity contribution is 7.89. The van der Waals surface area contributed by atoms with Gasteiger partial charge in [0.25, 0.3) is 0 Å². The molecule has 2 N–H and O–H groups in total. The molecule has 0 aromatic heterocycles. The number of methoxy groups -OCH3 is 1. The molecule has 0 spiro atoms. The fraction of sp³-hybridized carbons (Fsp3) is 0.278. The lowest BCUT2D eigenvalue weighted by molar-refractivity contribution is -0.116. The molecule has 0 aliphatic rings. The van der Waals surface area contributed by atoms with Gasteiger partial charge >= 0.3 is 0 Å². The molecule has 2 aromatic carbocycles. The summed E-state index contributed by atoms with van der Waals surface area (Å²) in [5.74, 6) is 0.491. The van der Waals surface area contributed by atoms with Crippen molar-refractivity contribution in [2.24, 2.45) is 0 Å². The van der Waals surface area contributed by atoms with Crippen LogP contribution in [0.3, 0.4) is 0 Å². The van der Waals surface area contributed by atoms with Gasteiger partial charge in [0.15, 0.2) is 0 Å². The molecule has 140 valence electrons. The molecule has 0 radical (unpaired) electrons. The molecule has 0 aliphatic carbocycles. The first-order valence-electron chi connectivity index (χ1n) is 8.07. The van der Waals surface area contributed by atoms with E-state index in [1.165, 1.54) is 19.2 Å². The van der Waals surface area contributed by atoms with E-state index in [9.17, 15) is 13.2 Å². The average Bonchev–Trinajstić information content (AvgIpc) is 2.63. The van der Waals surface area contributed by atoms with E-state index in [1.807, 2.05) is 30.3 Å². The maximum atomic E-state index is 12.0. The van der Waals surface area contributed by atoms with E-state index < -0.39 is 10.0 Å². The van der Waals surface area contributed by atoms with E-state index in [0.29, 0.717) is 18.0 Å². The molecule has 0 unspecified atom stereocenters. The van der Waals surface area contributed by atoms with E-state index in [-0.39, 0.29) is 30.4 Å². The Hall–Kier alpha value is -2.42. The monoisotopic (exact) mass is 378 g/mol. The number of hydrogen-bond donors (Lipinski definition) is 2. The molecule has 0 saturated carbocycles. The Bertz CT molecular complexity index is 792. The van der Waals surface area contributed by atoms with E-state index >= 15 is 0 Å². The normalized spacial score (nSPS) is 11.1. The summed E-state index contributed by atoms with van der Waals surface area (Å²) in [5.41, 5.74) is 0.519. The van der Waals surface area contributed by atoms with Gasteiger partial charge in [0.1, 0.15) is 5.75 Å². The Balaban J connectivity index is 1.81. The molecule has 1 amide bonds. The molecule has 0 fully saturated rings. The van der Waals surface area contributed by atoms with Gasteiger partial charge in [0, 0.05) is 19.3 Å². The van der Waals surface area contributed by atoms with Gasteiger partial charge in [0.2, 0.25) is 15.9 Å². The molecule has 0 heterocycles. The summed E-state index contributed by atoms with van der Waals surface area (Å²) in [6.45, 7) is 0.739. The highest BCUT2D eigenvalue weighted by Crippen LogP contribution is 2.14. The zero-order chi connectivity index (χ0) is 18.8. The van der Waals surface area contributed by atoms with Crippen molar-refractivity contribution in [2.75, 3.05) is 32.2 Å². The van der Waals surface area contributed by atoms with Gasteiger partial charge in [-0.25, -0.2) is 13.1 Å². The van der Waals surface area contributed by atoms with Crippen LogP contribution in [0, 0.1) is 0 Å². The largest absolute Gasteiger partial charge is 0.493 e. The average molecular weight is 378 g/mol. The quantitative estimate of drug-likeness (QED) is 0.617. The van der Waals surface area contributed by atoms with E-state index in [4.69, 9.17) is 9.47 Å². The molecular formula is C18H22N2O5S. The minimum atomic E-state index is -3.59. The van der Waals surface area contributed by atoms with Crippen LogP contribution in [0.5, 0.6) is 5.75 Å². The number of carbonyl (C=O) groups is 1. The van der Waals surface area contributed by atoms with E-state index in [0.717, 1.165) is 0 Å². The van der Waals surface area contributed by atoms with Gasteiger partial charge in [-0.2, -0.15) is 0 Å². The van der Waals surface area contributed by atoms with Crippen LogP contribution in [0.1, 0.15) is 6.42 Å². The van der Waals surface area contributed by atoms with Crippen LogP contribution < -0.4 is 14.8 Å². The third-order valence-electron chi connectivity index (χ3n) is 3.39. The van der Waals surface area contributed by atoms with Crippen LogP contribution in [-0.2, 0) is 19.6 Å². The Morgan fingerprint density at radius 3 is 2.35 bits per heavy atom. The third-order valence-corrected chi connectivity index (χ3v) is 4.86. The summed E-state index contributed by atoms with van der Waals surface area (Å²) >= 11 is 0. The maximum Gasteiger partial charge on any atom is 0.240 e. The number of benzene rings is 2. The summed E-state index contributed by atoms with van der Waals surface area (Å²) < 4.78 is 36.8. The third kappa shape index (κ3) is 6.47. The highest BCUT2D eigenvalue weighted by atomic mass is 32.2. The number of para-hydroxylation sites is 1. The minimum absolute atomic E-state index is 0.124. The van der Waals surface area contributed by atoms with Crippen molar-refractivity contribution in [3.05, 3.63) is 54.6 Å². The summed E-state index contributed by atoms with van der Waals surface area (Å²) in [6, 6.07) is 15.2. The van der Waals surface area contributed by atoms with Gasteiger partial charge in [-0.15, -0.1) is 0 Å². The zero-order valence-electron chi connectivity index (χ0n) is 14.5. The van der Waals surface area contributed by atoms with Crippen LogP contribution in [-0.4, -0.2) is 41.2 Å². The van der Waals surface area contributed by atoms with Crippen LogP contribution in [0.15, 0.2) is 59.5 Å². The molecule has 2 rings (SSSR count). The lowest BCUT2D eigenvalue weighted by atomic mass is 10.3. The molecular weight excluding hydrogens is 356 g/mol. The van der Waals surface area contributed by atoms with Gasteiger partial charge in [-0.3, -0.25) is 4.79 Å². The highest BCUT2D eigenvalue weighted by Gasteiger charge is 2.13. The van der Waals surface area contributed by atoms with Crippen molar-refractivity contribution in [1.29, 1.82) is 0 Å². The molecule has 8 heteroatoms. The molecule has 26 heavy (non-hydrogen) atoms. The molecule has 0 aliphatic heterocycles. The number of rotatable bonds is 10. The van der Waals surface area contributed by atoms with Crippen molar-refractivity contribution >= 4 is 21.6 Å². The van der Waals surface area contributed by atoms with Crippen molar-refractivity contribution < 1.29 is 22.7 Å². The molecule has 0 bridgehead atoms. The molecule has 0 atom stereocenters. The second-order valence-corrected chi connectivity index (χ2v) is 7.14. The topological polar surface area (TPSA) is 93.7 Å². The van der Waals surface area contributed by atoms with Crippen molar-refractivity contribution in [2.45, 2.75) is 11.3 Å². The van der Waals surface area contributed by atoms with Crippen molar-refractivity contribution in [3.63, 3.8) is 0 Å². The van der Waals surface area contributed by atoms with Crippen molar-refractivity contribution in [1.82, 2.24) is 4.72 Å². The number of hydrogen-bond acceptors (Lipinski definition) is 5. The predicted molar refractivity (Wildman–Crippen MR) is 98.7 cm³/mol. The number of anilines is 1. The second kappa shape index (κ2) is 9.91. The Morgan fingerprint density at radius 1 is 1.00 bits per heavy atom. The number of sulfonamides is 1. The molecule has 2 aromatic rings. The van der Waals surface area contributed by atoms with E-state index in [2.05, 4.69) is 10.0 Å². The number of ether oxygens (including phenoxy) is 2. The smallest absolute Gasteiger partial charge is 0.240 e. The van der Waals surface area contributed by atoms with Gasteiger partial charge in [-0.05, 0) is 36.4 Å². The van der Waals surface area contributed by atoms with Gasteiger partial charge < -0.3 is 14.8 Å². The SMILES string of the molecule is COCCNS(=O)(=O)c1ccc(NC(=O)CCOc2ccccc2)cc1. The van der Waals surface area contributed by atoms with Crippen molar-refractivity contribution in [3.8, 4) is 5.75 Å². The number of amides is 1. The van der Waals surface area contributed by atoms with Gasteiger partial charge in [0.05, 0.1) is 24.5 Å². The first kappa shape index (κ1) is 19.9. The predicted octanol–water partition coefficient (Wildman–Crippen LogP) is 2.02. The summed E-state index contributed by atoms with van der Waals surface area (Å²) in [5, 5.41) is 2.70. The van der Waals surface area contributed by atoms with Crippen LogP contribution in [0.4, 0.5) is 5.69 Å². The second-order valence-electron chi connectivity index (χ2n) is 5.37. The van der Waals surface area contributed by atoms with Crippen LogP contribution >= 0.6 is 0 Å². The zero-order valence-corrected chi connectivity index (χ0v) is 15.3.